The molecule has 160 valence electrons. The Balaban J connectivity index is 1.71. The van der Waals surface area contributed by atoms with E-state index in [4.69, 9.17) is 0 Å². The first kappa shape index (κ1) is 21.9. The smallest absolute Gasteiger partial charge is 0.335 e. The number of benzene rings is 4. The monoisotopic (exact) mass is 439 g/mol. The first-order valence-corrected chi connectivity index (χ1v) is 10.3. The van der Waals surface area contributed by atoms with Crippen LogP contribution < -0.4 is 4.90 Å². The summed E-state index contributed by atoms with van der Waals surface area (Å²) in [5.74, 6) is 4.66. The normalized spacial score (nSPS) is 9.71. The highest BCUT2D eigenvalue weighted by molar-refractivity contribution is 5.89. The summed E-state index contributed by atoms with van der Waals surface area (Å²) in [6.45, 7) is 0. The van der Waals surface area contributed by atoms with Crippen LogP contribution in [0.5, 0.6) is 0 Å². The number of hydrogen-bond donors (Lipinski definition) is 1. The first-order valence-electron chi connectivity index (χ1n) is 10.3. The van der Waals surface area contributed by atoms with Crippen molar-refractivity contribution >= 4 is 23.0 Å². The minimum atomic E-state index is -1.20. The van der Waals surface area contributed by atoms with E-state index < -0.39 is 5.97 Å². The van der Waals surface area contributed by atoms with E-state index in [0.29, 0.717) is 5.56 Å². The van der Waals surface area contributed by atoms with Crippen molar-refractivity contribution in [1.82, 2.24) is 0 Å². The quantitative estimate of drug-likeness (QED) is 0.394. The van der Waals surface area contributed by atoms with Crippen LogP contribution in [0.2, 0.25) is 0 Å². The Labute approximate surface area is 197 Å². The molecule has 0 fully saturated rings. The summed E-state index contributed by atoms with van der Waals surface area (Å²) in [6, 6.07) is 34.0. The van der Waals surface area contributed by atoms with Crippen LogP contribution in [0.15, 0.2) is 97.1 Å². The standard InChI is InChI=1S/C29H17N3O2/c30-19-23-17-22(29(33)34)18-24(20-31)28(23)16-13-21-11-14-27(15-12-21)32(25-7-3-1-4-8-25)26-9-5-2-6-10-26/h1-12,14-15,17-18H,(H,33,34). The van der Waals surface area contributed by atoms with Crippen molar-refractivity contribution in [2.75, 3.05) is 4.90 Å². The summed E-state index contributed by atoms with van der Waals surface area (Å²) in [4.78, 5) is 13.4. The number of nitriles is 2. The van der Waals surface area contributed by atoms with Crippen LogP contribution in [-0.4, -0.2) is 11.1 Å². The van der Waals surface area contributed by atoms with Crippen molar-refractivity contribution in [3.63, 3.8) is 0 Å². The average molecular weight is 439 g/mol. The Bertz CT molecular complexity index is 1410. The predicted molar refractivity (Wildman–Crippen MR) is 130 cm³/mol. The fourth-order valence-corrected chi connectivity index (χ4v) is 3.51. The van der Waals surface area contributed by atoms with Crippen molar-refractivity contribution in [3.8, 4) is 24.0 Å². The van der Waals surface area contributed by atoms with Crippen molar-refractivity contribution in [2.45, 2.75) is 0 Å². The molecule has 4 aromatic rings. The number of aromatic carboxylic acids is 1. The van der Waals surface area contributed by atoms with Crippen LogP contribution in [0, 0.1) is 34.5 Å². The predicted octanol–water partition coefficient (Wildman–Crippen LogP) is 6.00. The molecule has 0 unspecified atom stereocenters. The second kappa shape index (κ2) is 9.88. The molecule has 0 atom stereocenters. The minimum Gasteiger partial charge on any atom is -0.478 e. The lowest BCUT2D eigenvalue weighted by atomic mass is 9.98. The van der Waals surface area contributed by atoms with Crippen molar-refractivity contribution in [2.24, 2.45) is 0 Å². The number of para-hydroxylation sites is 2. The van der Waals surface area contributed by atoms with Gasteiger partial charge in [-0.05, 0) is 60.7 Å². The van der Waals surface area contributed by atoms with E-state index in [-0.39, 0.29) is 22.3 Å². The van der Waals surface area contributed by atoms with E-state index in [1.165, 1.54) is 12.1 Å². The minimum absolute atomic E-state index is 0.0555. The lowest BCUT2D eigenvalue weighted by Gasteiger charge is -2.25. The molecule has 5 nitrogen and oxygen atoms in total. The molecule has 34 heavy (non-hydrogen) atoms. The molecule has 0 amide bonds. The molecule has 4 aromatic carbocycles. The van der Waals surface area contributed by atoms with Gasteiger partial charge in [-0.1, -0.05) is 48.2 Å². The van der Waals surface area contributed by atoms with Gasteiger partial charge in [0.15, 0.2) is 0 Å². The number of anilines is 3. The Kier molecular flexibility index (Phi) is 6.36. The number of carbonyl (C=O) groups is 1. The van der Waals surface area contributed by atoms with Gasteiger partial charge in [0.2, 0.25) is 0 Å². The number of nitrogens with zero attached hydrogens (tertiary/aromatic N) is 3. The average Bonchev–Trinajstić information content (AvgIpc) is 2.89. The first-order chi connectivity index (χ1) is 16.6. The van der Waals surface area contributed by atoms with E-state index in [2.05, 4.69) is 16.7 Å². The number of rotatable bonds is 4. The molecule has 5 heteroatoms. The molecule has 0 saturated carbocycles. The lowest BCUT2D eigenvalue weighted by Crippen LogP contribution is -2.09. The third-order valence-electron chi connectivity index (χ3n) is 5.11. The zero-order valence-corrected chi connectivity index (χ0v) is 17.9. The topological polar surface area (TPSA) is 88.1 Å². The van der Waals surface area contributed by atoms with E-state index in [1.54, 1.807) is 0 Å². The molecule has 0 spiro atoms. The summed E-state index contributed by atoms with van der Waals surface area (Å²) in [5, 5.41) is 28.1. The molecule has 0 aliphatic heterocycles. The van der Waals surface area contributed by atoms with Gasteiger partial charge >= 0.3 is 5.97 Å². The maximum Gasteiger partial charge on any atom is 0.335 e. The zero-order valence-electron chi connectivity index (χ0n) is 17.9. The van der Waals surface area contributed by atoms with Crippen molar-refractivity contribution in [3.05, 3.63) is 125 Å². The van der Waals surface area contributed by atoms with Gasteiger partial charge in [-0.15, -0.1) is 0 Å². The van der Waals surface area contributed by atoms with Gasteiger partial charge < -0.3 is 10.0 Å². The second-order valence-electron chi connectivity index (χ2n) is 7.28. The van der Waals surface area contributed by atoms with Crippen LogP contribution in [-0.2, 0) is 0 Å². The van der Waals surface area contributed by atoms with Crippen LogP contribution in [0.1, 0.15) is 32.6 Å². The molecule has 0 heterocycles. The van der Waals surface area contributed by atoms with Gasteiger partial charge in [-0.2, -0.15) is 10.5 Å². The number of carboxylic acid groups (broad SMARTS) is 1. The zero-order chi connectivity index (χ0) is 23.9. The number of carboxylic acids is 1. The molecular formula is C29H17N3O2. The highest BCUT2D eigenvalue weighted by Crippen LogP contribution is 2.34. The fraction of sp³-hybridized carbons (Fsp3) is 0. The highest BCUT2D eigenvalue weighted by atomic mass is 16.4. The highest BCUT2D eigenvalue weighted by Gasteiger charge is 2.14. The van der Waals surface area contributed by atoms with Gasteiger partial charge in [0.25, 0.3) is 0 Å². The Morgan fingerprint density at radius 3 is 1.59 bits per heavy atom. The molecular weight excluding hydrogens is 422 g/mol. The molecule has 1 N–H and O–H groups in total. The van der Waals surface area contributed by atoms with Crippen molar-refractivity contribution < 1.29 is 9.90 Å². The summed E-state index contributed by atoms with van der Waals surface area (Å²) < 4.78 is 0. The molecule has 0 bridgehead atoms. The van der Waals surface area contributed by atoms with Gasteiger partial charge in [-0.3, -0.25) is 0 Å². The summed E-state index contributed by atoms with van der Waals surface area (Å²) in [7, 11) is 0. The van der Waals surface area contributed by atoms with E-state index in [9.17, 15) is 20.4 Å². The van der Waals surface area contributed by atoms with E-state index in [1.807, 2.05) is 97.1 Å². The molecule has 0 aromatic heterocycles. The summed E-state index contributed by atoms with van der Waals surface area (Å²) in [5.41, 5.74) is 3.88. The Morgan fingerprint density at radius 1 is 0.676 bits per heavy atom. The SMILES string of the molecule is N#Cc1cc(C(=O)O)cc(C#N)c1C#Cc1ccc(N(c2ccccc2)c2ccccc2)cc1. The maximum atomic E-state index is 11.3. The third-order valence-corrected chi connectivity index (χ3v) is 5.11. The number of hydrogen-bond acceptors (Lipinski definition) is 4. The van der Waals surface area contributed by atoms with E-state index in [0.717, 1.165) is 17.1 Å². The molecule has 4 rings (SSSR count). The van der Waals surface area contributed by atoms with Crippen LogP contribution >= 0.6 is 0 Å². The fourth-order valence-electron chi connectivity index (χ4n) is 3.51. The summed E-state index contributed by atoms with van der Waals surface area (Å²) in [6.07, 6.45) is 0. The Hall–Kier alpha value is -5.31. The molecule has 0 saturated heterocycles. The van der Waals surface area contributed by atoms with Crippen LogP contribution in [0.25, 0.3) is 0 Å². The maximum absolute atomic E-state index is 11.3. The van der Waals surface area contributed by atoms with Gasteiger partial charge in [0.05, 0.1) is 22.3 Å². The van der Waals surface area contributed by atoms with Gasteiger partial charge in [0, 0.05) is 22.6 Å². The Morgan fingerprint density at radius 2 is 1.15 bits per heavy atom. The van der Waals surface area contributed by atoms with Crippen LogP contribution in [0.4, 0.5) is 17.1 Å². The largest absolute Gasteiger partial charge is 0.478 e. The third kappa shape index (κ3) is 4.63. The van der Waals surface area contributed by atoms with Gasteiger partial charge in [0.1, 0.15) is 12.1 Å². The summed E-state index contributed by atoms with van der Waals surface area (Å²) >= 11 is 0. The van der Waals surface area contributed by atoms with Crippen molar-refractivity contribution in [1.29, 1.82) is 10.5 Å². The lowest BCUT2D eigenvalue weighted by molar-refractivity contribution is 0.0697. The van der Waals surface area contributed by atoms with E-state index >= 15 is 0 Å². The second-order valence-corrected chi connectivity index (χ2v) is 7.28. The molecule has 0 aliphatic rings. The van der Waals surface area contributed by atoms with Crippen LogP contribution in [0.3, 0.4) is 0 Å². The molecule has 0 aliphatic carbocycles. The molecule has 0 radical (unpaired) electrons. The van der Waals surface area contributed by atoms with Gasteiger partial charge in [-0.25, -0.2) is 4.79 Å².